The molecule has 0 aromatic carbocycles. The Morgan fingerprint density at radius 3 is 2.68 bits per heavy atom. The molecule has 1 amide bonds. The predicted octanol–water partition coefficient (Wildman–Crippen LogP) is 2.15. The molecule has 2 aromatic rings. The van der Waals surface area contributed by atoms with Crippen molar-refractivity contribution in [2.75, 3.05) is 46.7 Å². The van der Waals surface area contributed by atoms with Crippen molar-refractivity contribution in [1.29, 1.82) is 0 Å². The third kappa shape index (κ3) is 3.94. The second kappa shape index (κ2) is 9.40. The number of hydrogen-bond acceptors (Lipinski definition) is 8. The average Bonchev–Trinajstić information content (AvgIpc) is 3.62. The number of nitrogens with zero attached hydrogens (tertiary/aromatic N) is 6. The molecule has 1 unspecified atom stereocenters. The Balaban J connectivity index is 1.38. The van der Waals surface area contributed by atoms with Crippen molar-refractivity contribution in [2.45, 2.75) is 37.1 Å². The second-order valence-corrected chi connectivity index (χ2v) is 9.89. The summed E-state index contributed by atoms with van der Waals surface area (Å²) >= 11 is 0. The topological polar surface area (TPSA) is 111 Å². The molecule has 3 aliphatic heterocycles. The first kappa shape index (κ1) is 23.8. The van der Waals surface area contributed by atoms with E-state index in [2.05, 4.69) is 44.5 Å². The minimum atomic E-state index is -0.201. The van der Waals surface area contributed by atoms with Crippen LogP contribution in [0.1, 0.15) is 29.2 Å². The zero-order chi connectivity index (χ0) is 25.7. The number of carbonyl (C=O) groups excluding carboxylic acids is 1. The number of amides is 1. The van der Waals surface area contributed by atoms with Crippen LogP contribution < -0.4 is 10.6 Å². The molecule has 2 N–H and O–H groups in total. The molecule has 1 saturated heterocycles. The number of nitrogens with one attached hydrogen (secondary N) is 2. The lowest BCUT2D eigenvalue weighted by Crippen LogP contribution is -2.51. The molecular weight excluding hydrogens is 472 g/mol. The van der Waals surface area contributed by atoms with Crippen molar-refractivity contribution in [1.82, 2.24) is 34.4 Å². The Labute approximate surface area is 215 Å². The molecule has 2 aromatic heterocycles. The molecule has 1 aliphatic carbocycles. The van der Waals surface area contributed by atoms with Gasteiger partial charge in [0.1, 0.15) is 17.2 Å². The monoisotopic (exact) mass is 504 g/mol. The van der Waals surface area contributed by atoms with Crippen LogP contribution in [0.25, 0.3) is 28.3 Å². The van der Waals surface area contributed by atoms with Gasteiger partial charge in [-0.05, 0) is 32.0 Å². The van der Waals surface area contributed by atoms with Gasteiger partial charge in [0.15, 0.2) is 5.65 Å². The molecule has 0 bridgehead atoms. The van der Waals surface area contributed by atoms with Crippen LogP contribution in [0.4, 0.5) is 5.82 Å². The lowest BCUT2D eigenvalue weighted by molar-refractivity contribution is 0.00732. The van der Waals surface area contributed by atoms with E-state index in [0.29, 0.717) is 11.2 Å². The Morgan fingerprint density at radius 2 is 1.95 bits per heavy atom. The lowest BCUT2D eigenvalue weighted by Gasteiger charge is -2.35. The number of hydrogen-bond donors (Lipinski definition) is 2. The number of carbonyl (C=O) groups is 1. The molecule has 194 valence electrons. The maximum absolute atomic E-state index is 13.2. The van der Waals surface area contributed by atoms with Crippen LogP contribution in [0, 0.1) is 0 Å². The molecule has 0 radical (unpaired) electrons. The quantitative estimate of drug-likeness (QED) is 0.394. The Hall–Kier alpha value is -3.54. The largest absolute Gasteiger partial charge is 0.379 e. The van der Waals surface area contributed by atoms with Crippen molar-refractivity contribution in [3.8, 4) is 22.6 Å². The maximum atomic E-state index is 13.2. The highest BCUT2D eigenvalue weighted by atomic mass is 16.5. The van der Waals surface area contributed by atoms with E-state index in [-0.39, 0.29) is 30.2 Å². The number of ether oxygens (including phenoxy) is 2. The third-order valence-electron chi connectivity index (χ3n) is 7.76. The van der Waals surface area contributed by atoms with Crippen LogP contribution in [0.3, 0.4) is 0 Å². The summed E-state index contributed by atoms with van der Waals surface area (Å²) in [6.45, 7) is 1.76. The third-order valence-corrected chi connectivity index (χ3v) is 7.76. The van der Waals surface area contributed by atoms with Gasteiger partial charge in [0.05, 0.1) is 36.2 Å². The van der Waals surface area contributed by atoms with E-state index < -0.39 is 0 Å². The standard InChI is InChI=1S/C26H32N8O3/c1-27-23-10-19(30-25-17(12-29-34(23)25)26(35)31-18-7-8-21(18)36-3)16-11-28-24-15(16)6-5-9-33(24)20-13-32(2)14-22(20)37-4/h5-6,9-12,18,20-22,27H,7-8,13-14H2,1-4H3,(H,31,35)/t18?,20-,21-,22-/m0/s1. The van der Waals surface area contributed by atoms with E-state index in [9.17, 15) is 4.79 Å². The highest BCUT2D eigenvalue weighted by Crippen LogP contribution is 2.37. The maximum Gasteiger partial charge on any atom is 0.257 e. The molecule has 6 rings (SSSR count). The molecule has 2 fully saturated rings. The van der Waals surface area contributed by atoms with E-state index in [1.165, 1.54) is 0 Å². The van der Waals surface area contributed by atoms with Gasteiger partial charge in [0.2, 0.25) is 0 Å². The molecule has 11 heteroatoms. The first-order valence-electron chi connectivity index (χ1n) is 12.6. The molecule has 1 saturated carbocycles. The van der Waals surface area contributed by atoms with E-state index >= 15 is 0 Å². The van der Waals surface area contributed by atoms with Gasteiger partial charge in [-0.25, -0.2) is 9.97 Å². The zero-order valence-electron chi connectivity index (χ0n) is 21.5. The number of fused-ring (bicyclic) bond motifs is 2. The summed E-state index contributed by atoms with van der Waals surface area (Å²) in [6.07, 6.45) is 7.48. The Bertz CT molecular complexity index is 1410. The van der Waals surface area contributed by atoms with E-state index in [1.54, 1.807) is 24.9 Å². The van der Waals surface area contributed by atoms with E-state index in [4.69, 9.17) is 19.4 Å². The first-order valence-corrected chi connectivity index (χ1v) is 12.6. The van der Waals surface area contributed by atoms with Crippen molar-refractivity contribution in [3.05, 3.63) is 42.4 Å². The number of rotatable bonds is 7. The minimum Gasteiger partial charge on any atom is -0.379 e. The van der Waals surface area contributed by atoms with Crippen LogP contribution >= 0.6 is 0 Å². The lowest BCUT2D eigenvalue weighted by atomic mass is 9.89. The number of methoxy groups -OCH3 is 2. The summed E-state index contributed by atoms with van der Waals surface area (Å²) in [5.74, 6) is 1.41. The minimum absolute atomic E-state index is 0.00336. The van der Waals surface area contributed by atoms with Crippen molar-refractivity contribution >= 4 is 17.4 Å². The molecule has 0 spiro atoms. The molecule has 11 nitrogen and oxygen atoms in total. The fraction of sp³-hybridized carbons (Fsp3) is 0.462. The Morgan fingerprint density at radius 1 is 1.11 bits per heavy atom. The SMILES string of the molecule is CNc1cc(-c2cnc3n([C@H]4CN(C)C[C@@H]4OC)cccc2-3)nc2c(C(=O)NC3CC[C@@H]3OC)cnn12. The normalized spacial score (nSPS) is 24.0. The predicted molar refractivity (Wildman–Crippen MR) is 139 cm³/mol. The van der Waals surface area contributed by atoms with Gasteiger partial charge in [-0.1, -0.05) is 0 Å². The summed E-state index contributed by atoms with van der Waals surface area (Å²) in [7, 11) is 7.37. The fourth-order valence-corrected chi connectivity index (χ4v) is 5.57. The van der Waals surface area contributed by atoms with Gasteiger partial charge in [-0.3, -0.25) is 4.79 Å². The summed E-state index contributed by atoms with van der Waals surface area (Å²) in [5, 5.41) is 10.7. The first-order chi connectivity index (χ1) is 18.0. The number of pyridine rings is 1. The summed E-state index contributed by atoms with van der Waals surface area (Å²) < 4.78 is 15.1. The number of anilines is 1. The summed E-state index contributed by atoms with van der Waals surface area (Å²) in [5.41, 5.74) is 3.53. The molecular formula is C26H32N8O3. The second-order valence-electron chi connectivity index (χ2n) is 9.89. The van der Waals surface area contributed by atoms with Crippen LogP contribution in [-0.4, -0.2) is 94.6 Å². The van der Waals surface area contributed by atoms with Gasteiger partial charge >= 0.3 is 0 Å². The van der Waals surface area contributed by atoms with Gasteiger partial charge < -0.3 is 29.6 Å². The van der Waals surface area contributed by atoms with Gasteiger partial charge in [0, 0.05) is 63.9 Å². The van der Waals surface area contributed by atoms with Gasteiger partial charge in [0.25, 0.3) is 5.91 Å². The van der Waals surface area contributed by atoms with Crippen LogP contribution in [-0.2, 0) is 9.47 Å². The van der Waals surface area contributed by atoms with Crippen molar-refractivity contribution in [2.24, 2.45) is 0 Å². The van der Waals surface area contributed by atoms with Gasteiger partial charge in [-0.15, -0.1) is 0 Å². The van der Waals surface area contributed by atoms with Gasteiger partial charge in [-0.2, -0.15) is 9.61 Å². The van der Waals surface area contributed by atoms with Crippen LogP contribution in [0.2, 0.25) is 0 Å². The number of likely N-dealkylation sites (N-methyl/N-ethyl adjacent to an activating group) is 1. The van der Waals surface area contributed by atoms with Crippen LogP contribution in [0.15, 0.2) is 36.8 Å². The van der Waals surface area contributed by atoms with Crippen molar-refractivity contribution in [3.63, 3.8) is 0 Å². The average molecular weight is 505 g/mol. The molecule has 5 heterocycles. The fourth-order valence-electron chi connectivity index (χ4n) is 5.57. The molecule has 4 atom stereocenters. The number of likely N-dealkylation sites (tertiary alicyclic amines) is 1. The van der Waals surface area contributed by atoms with E-state index in [0.717, 1.165) is 54.4 Å². The summed E-state index contributed by atoms with van der Waals surface area (Å²) in [6, 6.07) is 6.20. The van der Waals surface area contributed by atoms with E-state index in [1.807, 2.05) is 25.4 Å². The van der Waals surface area contributed by atoms with Crippen LogP contribution in [0.5, 0.6) is 0 Å². The van der Waals surface area contributed by atoms with Crippen molar-refractivity contribution < 1.29 is 14.3 Å². The Kier molecular flexibility index (Phi) is 6.06. The molecule has 4 aliphatic rings. The smallest absolute Gasteiger partial charge is 0.257 e. The highest BCUT2D eigenvalue weighted by molar-refractivity contribution is 6.00. The highest BCUT2D eigenvalue weighted by Gasteiger charge is 2.35. The number of aromatic nitrogens is 5. The summed E-state index contributed by atoms with van der Waals surface area (Å²) in [4.78, 5) is 25.1. The zero-order valence-corrected chi connectivity index (χ0v) is 21.5. The molecule has 37 heavy (non-hydrogen) atoms.